The second-order valence-electron chi connectivity index (χ2n) is 4.45. The van der Waals surface area contributed by atoms with Gasteiger partial charge in [0.1, 0.15) is 5.82 Å². The molecule has 1 aromatic rings. The van der Waals surface area contributed by atoms with Crippen LogP contribution in [0.3, 0.4) is 0 Å². The molecule has 17 heavy (non-hydrogen) atoms. The van der Waals surface area contributed by atoms with E-state index in [2.05, 4.69) is 33.7 Å². The zero-order valence-corrected chi connectivity index (χ0v) is 10.7. The largest absolute Gasteiger partial charge is 0.366 e. The van der Waals surface area contributed by atoms with Crippen molar-refractivity contribution in [1.82, 2.24) is 9.97 Å². The summed E-state index contributed by atoms with van der Waals surface area (Å²) in [6, 6.07) is 0. The summed E-state index contributed by atoms with van der Waals surface area (Å²) in [4.78, 5) is 11.4. The Hall–Kier alpha value is -1.58. The van der Waals surface area contributed by atoms with Gasteiger partial charge in [0.25, 0.3) is 0 Å². The van der Waals surface area contributed by atoms with Crippen molar-refractivity contribution in [2.24, 2.45) is 0 Å². The number of aromatic nitrogens is 2. The van der Waals surface area contributed by atoms with E-state index in [1.165, 1.54) is 12.8 Å². The van der Waals surface area contributed by atoms with Crippen molar-refractivity contribution in [3.63, 3.8) is 0 Å². The van der Waals surface area contributed by atoms with E-state index in [1.54, 1.807) is 0 Å². The van der Waals surface area contributed by atoms with E-state index in [0.29, 0.717) is 0 Å². The lowest BCUT2D eigenvalue weighted by Crippen LogP contribution is -2.22. The maximum absolute atomic E-state index is 4.61. The van der Waals surface area contributed by atoms with Crippen molar-refractivity contribution in [3.05, 3.63) is 23.9 Å². The molecule has 0 unspecified atom stereocenters. The van der Waals surface area contributed by atoms with Crippen LogP contribution in [0.4, 0.5) is 11.8 Å². The highest BCUT2D eigenvalue weighted by molar-refractivity contribution is 5.51. The zero-order chi connectivity index (χ0) is 12.3. The Bertz CT molecular complexity index is 408. The van der Waals surface area contributed by atoms with Gasteiger partial charge in [-0.05, 0) is 26.7 Å². The summed E-state index contributed by atoms with van der Waals surface area (Å²) in [5, 5.41) is 3.27. The second kappa shape index (κ2) is 5.17. The van der Waals surface area contributed by atoms with Crippen LogP contribution in [0.1, 0.15) is 24.1 Å². The van der Waals surface area contributed by atoms with Gasteiger partial charge >= 0.3 is 0 Å². The smallest absolute Gasteiger partial charge is 0.227 e. The number of rotatable bonds is 4. The molecule has 1 fully saturated rings. The first-order valence-electron chi connectivity index (χ1n) is 6.17. The highest BCUT2D eigenvalue weighted by Crippen LogP contribution is 2.21. The molecule has 1 aromatic heterocycles. The fourth-order valence-electron chi connectivity index (χ4n) is 2.01. The van der Waals surface area contributed by atoms with E-state index in [1.807, 2.05) is 13.0 Å². The third kappa shape index (κ3) is 2.57. The van der Waals surface area contributed by atoms with Crippen LogP contribution in [-0.4, -0.2) is 29.6 Å². The van der Waals surface area contributed by atoms with Crippen molar-refractivity contribution in [3.8, 4) is 0 Å². The molecule has 92 valence electrons. The number of anilines is 2. The van der Waals surface area contributed by atoms with Crippen LogP contribution in [0.15, 0.2) is 12.7 Å². The lowest BCUT2D eigenvalue weighted by atomic mass is 10.2. The monoisotopic (exact) mass is 232 g/mol. The van der Waals surface area contributed by atoms with E-state index in [-0.39, 0.29) is 0 Å². The molecule has 0 atom stereocenters. The third-order valence-corrected chi connectivity index (χ3v) is 3.18. The molecule has 0 aliphatic carbocycles. The van der Waals surface area contributed by atoms with Crippen molar-refractivity contribution >= 4 is 11.8 Å². The number of hydrogen-bond donors (Lipinski definition) is 1. The average Bonchev–Trinajstić information content (AvgIpc) is 2.84. The van der Waals surface area contributed by atoms with Gasteiger partial charge in [-0.15, -0.1) is 6.58 Å². The van der Waals surface area contributed by atoms with Gasteiger partial charge in [-0.2, -0.15) is 4.98 Å². The Kier molecular flexibility index (Phi) is 3.61. The minimum Gasteiger partial charge on any atom is -0.366 e. The summed E-state index contributed by atoms with van der Waals surface area (Å²) in [7, 11) is 0. The highest BCUT2D eigenvalue weighted by atomic mass is 15.3. The van der Waals surface area contributed by atoms with E-state index < -0.39 is 0 Å². The Morgan fingerprint density at radius 1 is 1.29 bits per heavy atom. The van der Waals surface area contributed by atoms with Crippen LogP contribution in [0, 0.1) is 13.8 Å². The van der Waals surface area contributed by atoms with Crippen molar-refractivity contribution in [2.45, 2.75) is 26.7 Å². The number of hydrogen-bond acceptors (Lipinski definition) is 4. The van der Waals surface area contributed by atoms with Gasteiger partial charge in [0.15, 0.2) is 0 Å². The third-order valence-electron chi connectivity index (χ3n) is 3.18. The predicted molar refractivity (Wildman–Crippen MR) is 71.6 cm³/mol. The summed E-state index contributed by atoms with van der Waals surface area (Å²) in [5.41, 5.74) is 2.17. The fraction of sp³-hybridized carbons (Fsp3) is 0.538. The molecule has 1 aliphatic rings. The first kappa shape index (κ1) is 11.9. The Morgan fingerprint density at radius 2 is 2.00 bits per heavy atom. The molecule has 2 rings (SSSR count). The number of nitrogens with one attached hydrogen (secondary N) is 1. The van der Waals surface area contributed by atoms with E-state index in [9.17, 15) is 0 Å². The summed E-state index contributed by atoms with van der Waals surface area (Å²) in [6.45, 7) is 10.7. The van der Waals surface area contributed by atoms with Gasteiger partial charge < -0.3 is 10.2 Å². The normalized spacial score (nSPS) is 15.1. The molecule has 0 spiro atoms. The lowest BCUT2D eigenvalue weighted by Gasteiger charge is -2.18. The maximum atomic E-state index is 4.61. The predicted octanol–water partition coefficient (Wildman–Crippen LogP) is 2.29. The van der Waals surface area contributed by atoms with Crippen LogP contribution in [0.25, 0.3) is 0 Å². The molecule has 0 saturated carbocycles. The summed E-state index contributed by atoms with van der Waals surface area (Å²) < 4.78 is 0. The van der Waals surface area contributed by atoms with Gasteiger partial charge in [0.2, 0.25) is 5.95 Å². The van der Waals surface area contributed by atoms with Crippen LogP contribution in [0.2, 0.25) is 0 Å². The topological polar surface area (TPSA) is 41.1 Å². The number of aryl methyl sites for hydroxylation is 1. The van der Waals surface area contributed by atoms with E-state index in [4.69, 9.17) is 0 Å². The Labute approximate surface area is 103 Å². The number of nitrogens with zero attached hydrogens (tertiary/aromatic N) is 3. The van der Waals surface area contributed by atoms with Gasteiger partial charge in [-0.3, -0.25) is 0 Å². The average molecular weight is 232 g/mol. The molecule has 0 bridgehead atoms. The van der Waals surface area contributed by atoms with E-state index in [0.717, 1.165) is 42.7 Å². The quantitative estimate of drug-likeness (QED) is 0.809. The van der Waals surface area contributed by atoms with Crippen molar-refractivity contribution in [1.29, 1.82) is 0 Å². The van der Waals surface area contributed by atoms with Crippen molar-refractivity contribution < 1.29 is 0 Å². The summed E-state index contributed by atoms with van der Waals surface area (Å²) >= 11 is 0. The first-order chi connectivity index (χ1) is 8.22. The molecule has 1 saturated heterocycles. The van der Waals surface area contributed by atoms with Crippen molar-refractivity contribution in [2.75, 3.05) is 29.9 Å². The van der Waals surface area contributed by atoms with Crippen LogP contribution < -0.4 is 10.2 Å². The second-order valence-corrected chi connectivity index (χ2v) is 4.45. The fourth-order valence-corrected chi connectivity index (χ4v) is 2.01. The molecule has 0 aromatic carbocycles. The maximum Gasteiger partial charge on any atom is 0.227 e. The van der Waals surface area contributed by atoms with Gasteiger partial charge in [-0.25, -0.2) is 4.98 Å². The van der Waals surface area contributed by atoms with Gasteiger partial charge in [0.05, 0.1) is 0 Å². The van der Waals surface area contributed by atoms with E-state index >= 15 is 0 Å². The molecular formula is C13H20N4. The van der Waals surface area contributed by atoms with Gasteiger partial charge in [-0.1, -0.05) is 6.08 Å². The summed E-state index contributed by atoms with van der Waals surface area (Å²) in [6.07, 6.45) is 4.32. The SMILES string of the molecule is C=CCNc1nc(N2CCCC2)nc(C)c1C. The molecule has 0 radical (unpaired) electrons. The van der Waals surface area contributed by atoms with Crippen LogP contribution in [0.5, 0.6) is 0 Å². The van der Waals surface area contributed by atoms with Crippen LogP contribution >= 0.6 is 0 Å². The molecular weight excluding hydrogens is 212 g/mol. The molecule has 0 amide bonds. The molecule has 4 heteroatoms. The Balaban J connectivity index is 2.27. The zero-order valence-electron chi connectivity index (χ0n) is 10.7. The van der Waals surface area contributed by atoms with Crippen LogP contribution in [-0.2, 0) is 0 Å². The molecule has 4 nitrogen and oxygen atoms in total. The minimum absolute atomic E-state index is 0.733. The minimum atomic E-state index is 0.733. The Morgan fingerprint density at radius 3 is 2.65 bits per heavy atom. The first-order valence-corrected chi connectivity index (χ1v) is 6.17. The standard InChI is InChI=1S/C13H20N4/c1-4-7-14-12-10(2)11(3)15-13(16-12)17-8-5-6-9-17/h4H,1,5-9H2,2-3H3,(H,14,15,16). The molecule has 1 N–H and O–H groups in total. The van der Waals surface area contributed by atoms with Gasteiger partial charge in [0, 0.05) is 30.9 Å². The lowest BCUT2D eigenvalue weighted by molar-refractivity contribution is 0.883. The highest BCUT2D eigenvalue weighted by Gasteiger charge is 2.17. The molecule has 2 heterocycles. The summed E-state index contributed by atoms with van der Waals surface area (Å²) in [5.74, 6) is 1.79. The molecule has 1 aliphatic heterocycles.